The first-order valence-corrected chi connectivity index (χ1v) is 6.23. The van der Waals surface area contributed by atoms with Crippen molar-refractivity contribution in [1.82, 2.24) is 24.9 Å². The van der Waals surface area contributed by atoms with E-state index in [1.165, 1.54) is 12.8 Å². The van der Waals surface area contributed by atoms with E-state index in [4.69, 9.17) is 0 Å². The molecule has 94 valence electrons. The molecular formula is C12H15N5O. The summed E-state index contributed by atoms with van der Waals surface area (Å²) in [7, 11) is 0. The van der Waals surface area contributed by atoms with Crippen LogP contribution in [0, 0.1) is 6.92 Å². The van der Waals surface area contributed by atoms with E-state index in [0.29, 0.717) is 5.78 Å². The molecule has 1 aliphatic carbocycles. The number of nitrogens with one attached hydrogen (secondary N) is 1. The summed E-state index contributed by atoms with van der Waals surface area (Å²) in [5, 5.41) is 7.16. The molecule has 0 radical (unpaired) electrons. The van der Waals surface area contributed by atoms with Gasteiger partial charge in [-0.15, -0.1) is 5.10 Å². The van der Waals surface area contributed by atoms with Gasteiger partial charge < -0.3 is 5.32 Å². The Balaban J connectivity index is 1.85. The Morgan fingerprint density at radius 1 is 1.44 bits per heavy atom. The number of rotatable bonds is 2. The molecule has 2 aromatic heterocycles. The van der Waals surface area contributed by atoms with Crippen LogP contribution in [0.15, 0.2) is 12.3 Å². The molecule has 0 spiro atoms. The maximum Gasteiger partial charge on any atom is 0.291 e. The topological polar surface area (TPSA) is 72.2 Å². The van der Waals surface area contributed by atoms with Crippen LogP contribution in [-0.2, 0) is 0 Å². The second kappa shape index (κ2) is 4.36. The Morgan fingerprint density at radius 2 is 2.22 bits per heavy atom. The number of carbonyl (C=O) groups is 1. The SMILES string of the molecule is Cc1ccnc2nc(C(=O)NC3CCCC3)nn12. The summed E-state index contributed by atoms with van der Waals surface area (Å²) in [4.78, 5) is 20.2. The lowest BCUT2D eigenvalue weighted by Gasteiger charge is -2.09. The Bertz CT molecular complexity index is 585. The van der Waals surface area contributed by atoms with Crippen molar-refractivity contribution in [2.24, 2.45) is 0 Å². The Morgan fingerprint density at radius 3 is 2.94 bits per heavy atom. The highest BCUT2D eigenvalue weighted by atomic mass is 16.2. The number of hydrogen-bond acceptors (Lipinski definition) is 4. The average Bonchev–Trinajstić information content (AvgIpc) is 2.97. The maximum absolute atomic E-state index is 12.0. The molecule has 1 saturated carbocycles. The third-order valence-corrected chi connectivity index (χ3v) is 3.32. The zero-order valence-electron chi connectivity index (χ0n) is 10.3. The van der Waals surface area contributed by atoms with Gasteiger partial charge in [0.25, 0.3) is 11.7 Å². The van der Waals surface area contributed by atoms with Crippen molar-refractivity contribution in [2.45, 2.75) is 38.6 Å². The molecule has 0 bridgehead atoms. The van der Waals surface area contributed by atoms with Crippen LogP contribution in [-0.4, -0.2) is 31.5 Å². The minimum atomic E-state index is -0.202. The molecular weight excluding hydrogens is 230 g/mol. The summed E-state index contributed by atoms with van der Waals surface area (Å²) in [6.45, 7) is 1.90. The van der Waals surface area contributed by atoms with Crippen molar-refractivity contribution in [3.8, 4) is 0 Å². The number of amides is 1. The lowest BCUT2D eigenvalue weighted by atomic mass is 10.2. The predicted octanol–water partition coefficient (Wildman–Crippen LogP) is 1.11. The standard InChI is InChI=1S/C12H15N5O/c1-8-6-7-13-12-15-10(16-17(8)12)11(18)14-9-4-2-3-5-9/h6-7,9H,2-5H2,1H3,(H,14,18). The molecule has 6 heteroatoms. The highest BCUT2D eigenvalue weighted by molar-refractivity contribution is 5.91. The maximum atomic E-state index is 12.0. The fourth-order valence-electron chi connectivity index (χ4n) is 2.32. The summed E-state index contributed by atoms with van der Waals surface area (Å²) in [5.41, 5.74) is 0.910. The fraction of sp³-hybridized carbons (Fsp3) is 0.500. The number of aromatic nitrogens is 4. The second-order valence-electron chi connectivity index (χ2n) is 4.69. The first-order valence-electron chi connectivity index (χ1n) is 6.23. The molecule has 0 aromatic carbocycles. The highest BCUT2D eigenvalue weighted by Crippen LogP contribution is 2.17. The monoisotopic (exact) mass is 245 g/mol. The van der Waals surface area contributed by atoms with Crippen molar-refractivity contribution in [2.75, 3.05) is 0 Å². The molecule has 0 aliphatic heterocycles. The van der Waals surface area contributed by atoms with Crippen molar-refractivity contribution in [3.05, 3.63) is 23.8 Å². The van der Waals surface area contributed by atoms with Gasteiger partial charge in [-0.3, -0.25) is 4.79 Å². The van der Waals surface area contributed by atoms with E-state index in [1.807, 2.05) is 13.0 Å². The zero-order valence-corrected chi connectivity index (χ0v) is 10.3. The van der Waals surface area contributed by atoms with Gasteiger partial charge in [-0.25, -0.2) is 9.50 Å². The molecule has 1 amide bonds. The van der Waals surface area contributed by atoms with Gasteiger partial charge in [0.05, 0.1) is 0 Å². The van der Waals surface area contributed by atoms with Crippen molar-refractivity contribution in [3.63, 3.8) is 0 Å². The number of carbonyl (C=O) groups excluding carboxylic acids is 1. The fourth-order valence-corrected chi connectivity index (χ4v) is 2.32. The van der Waals surface area contributed by atoms with Gasteiger partial charge in [0.15, 0.2) is 0 Å². The molecule has 0 saturated heterocycles. The minimum Gasteiger partial charge on any atom is -0.347 e. The van der Waals surface area contributed by atoms with Crippen LogP contribution in [0.2, 0.25) is 0 Å². The van der Waals surface area contributed by atoms with Gasteiger partial charge in [0.1, 0.15) is 0 Å². The van der Waals surface area contributed by atoms with Gasteiger partial charge in [-0.2, -0.15) is 4.98 Å². The predicted molar refractivity (Wildman–Crippen MR) is 65.2 cm³/mol. The largest absolute Gasteiger partial charge is 0.347 e. The summed E-state index contributed by atoms with van der Waals surface area (Å²) in [5.74, 6) is 0.460. The van der Waals surface area contributed by atoms with E-state index in [-0.39, 0.29) is 17.8 Å². The molecule has 2 aromatic rings. The van der Waals surface area contributed by atoms with Gasteiger partial charge >= 0.3 is 0 Å². The molecule has 1 N–H and O–H groups in total. The zero-order chi connectivity index (χ0) is 12.5. The lowest BCUT2D eigenvalue weighted by Crippen LogP contribution is -2.33. The van der Waals surface area contributed by atoms with Gasteiger partial charge in [-0.1, -0.05) is 12.8 Å². The van der Waals surface area contributed by atoms with Crippen LogP contribution in [0.3, 0.4) is 0 Å². The molecule has 18 heavy (non-hydrogen) atoms. The molecule has 6 nitrogen and oxygen atoms in total. The third-order valence-electron chi connectivity index (χ3n) is 3.32. The smallest absolute Gasteiger partial charge is 0.291 e. The minimum absolute atomic E-state index is 0.198. The first-order chi connectivity index (χ1) is 8.74. The first kappa shape index (κ1) is 11.1. The lowest BCUT2D eigenvalue weighted by molar-refractivity contribution is 0.0927. The highest BCUT2D eigenvalue weighted by Gasteiger charge is 2.20. The second-order valence-corrected chi connectivity index (χ2v) is 4.69. The van der Waals surface area contributed by atoms with Crippen LogP contribution in [0.25, 0.3) is 5.78 Å². The van der Waals surface area contributed by atoms with Crippen molar-refractivity contribution >= 4 is 11.7 Å². The molecule has 1 aliphatic rings. The molecule has 1 fully saturated rings. The number of hydrogen-bond donors (Lipinski definition) is 1. The van der Waals surface area contributed by atoms with Gasteiger partial charge in [0, 0.05) is 17.9 Å². The van der Waals surface area contributed by atoms with E-state index in [1.54, 1.807) is 10.7 Å². The van der Waals surface area contributed by atoms with E-state index in [0.717, 1.165) is 18.5 Å². The number of aryl methyl sites for hydroxylation is 1. The summed E-state index contributed by atoms with van der Waals surface area (Å²) >= 11 is 0. The number of fused-ring (bicyclic) bond motifs is 1. The molecule has 0 atom stereocenters. The van der Waals surface area contributed by atoms with Crippen LogP contribution >= 0.6 is 0 Å². The molecule has 2 heterocycles. The van der Waals surface area contributed by atoms with Crippen LogP contribution < -0.4 is 5.32 Å². The normalized spacial score (nSPS) is 16.3. The van der Waals surface area contributed by atoms with E-state index in [9.17, 15) is 4.79 Å². The Labute approximate surface area is 104 Å². The van der Waals surface area contributed by atoms with Crippen LogP contribution in [0.4, 0.5) is 0 Å². The van der Waals surface area contributed by atoms with Crippen molar-refractivity contribution < 1.29 is 4.79 Å². The van der Waals surface area contributed by atoms with Crippen molar-refractivity contribution in [1.29, 1.82) is 0 Å². The van der Waals surface area contributed by atoms with Crippen LogP contribution in [0.5, 0.6) is 0 Å². The number of nitrogens with zero attached hydrogens (tertiary/aromatic N) is 4. The Hall–Kier alpha value is -1.98. The van der Waals surface area contributed by atoms with Crippen LogP contribution in [0.1, 0.15) is 42.0 Å². The summed E-state index contributed by atoms with van der Waals surface area (Å²) in [6.07, 6.45) is 6.14. The van der Waals surface area contributed by atoms with Gasteiger partial charge in [-0.05, 0) is 25.8 Å². The van der Waals surface area contributed by atoms with E-state index < -0.39 is 0 Å². The summed E-state index contributed by atoms with van der Waals surface area (Å²) < 4.78 is 1.59. The molecule has 0 unspecified atom stereocenters. The Kier molecular flexibility index (Phi) is 2.70. The van der Waals surface area contributed by atoms with E-state index in [2.05, 4.69) is 20.4 Å². The quantitative estimate of drug-likeness (QED) is 0.860. The third kappa shape index (κ3) is 1.94. The summed E-state index contributed by atoms with van der Waals surface area (Å²) in [6, 6.07) is 2.11. The van der Waals surface area contributed by atoms with E-state index >= 15 is 0 Å². The molecule has 3 rings (SSSR count). The van der Waals surface area contributed by atoms with Gasteiger partial charge in [0.2, 0.25) is 5.82 Å². The average molecular weight is 245 g/mol.